The standard InChI is InChI=1S/C36H44FN5O5/c1-20-24-8-7-13-46-32(24)27(37)16-25(20)31-26-17-29(28-9-12-42(39-28)23-18-41(19-23)22-10-14-45-15-11-22)40(6)34(26)38-21(2)30(31)33(35(43)44)47-36(3,4)5/h9,12,16-17,22-23,33H,7-8,10-11,13-15,18-19H2,1-6H3,(H,43,44)/t33-/m0/s1. The third-order valence-corrected chi connectivity index (χ3v) is 9.91. The lowest BCUT2D eigenvalue weighted by Crippen LogP contribution is -2.54. The fraction of sp³-hybridized carbons (Fsp3) is 0.528. The van der Waals surface area contributed by atoms with E-state index in [-0.39, 0.29) is 5.75 Å². The summed E-state index contributed by atoms with van der Waals surface area (Å²) in [6.07, 6.45) is 4.33. The maximum absolute atomic E-state index is 15.8. The molecule has 3 aromatic heterocycles. The molecular weight excluding hydrogens is 601 g/mol. The van der Waals surface area contributed by atoms with E-state index in [9.17, 15) is 9.90 Å². The van der Waals surface area contributed by atoms with Crippen LogP contribution in [0.2, 0.25) is 0 Å². The van der Waals surface area contributed by atoms with E-state index in [4.69, 9.17) is 24.3 Å². The first-order valence-electron chi connectivity index (χ1n) is 16.6. The van der Waals surface area contributed by atoms with Crippen molar-refractivity contribution in [2.24, 2.45) is 7.05 Å². The highest BCUT2D eigenvalue weighted by Gasteiger charge is 2.36. The van der Waals surface area contributed by atoms with Gasteiger partial charge in [-0.3, -0.25) is 9.58 Å². The van der Waals surface area contributed by atoms with Gasteiger partial charge in [0.05, 0.1) is 23.9 Å². The Kier molecular flexibility index (Phi) is 8.13. The number of carbonyl (C=O) groups is 1. The first-order valence-corrected chi connectivity index (χ1v) is 16.6. The van der Waals surface area contributed by atoms with Crippen LogP contribution in [0.15, 0.2) is 24.4 Å². The monoisotopic (exact) mass is 645 g/mol. The fourth-order valence-corrected chi connectivity index (χ4v) is 7.50. The van der Waals surface area contributed by atoms with E-state index in [1.165, 1.54) is 6.07 Å². The Balaban J connectivity index is 1.36. The van der Waals surface area contributed by atoms with Gasteiger partial charge in [-0.05, 0) is 89.6 Å². The minimum atomic E-state index is -1.32. The summed E-state index contributed by atoms with van der Waals surface area (Å²) in [7, 11) is 1.94. The normalized spacial score (nSPS) is 18.6. The van der Waals surface area contributed by atoms with Crippen molar-refractivity contribution in [3.8, 4) is 28.3 Å². The summed E-state index contributed by atoms with van der Waals surface area (Å²) in [5.74, 6) is -1.30. The molecule has 3 aliphatic rings. The second kappa shape index (κ2) is 12.0. The Morgan fingerprint density at radius 3 is 2.57 bits per heavy atom. The smallest absolute Gasteiger partial charge is 0.337 e. The number of halogens is 1. The summed E-state index contributed by atoms with van der Waals surface area (Å²) in [6, 6.07) is 6.39. The zero-order valence-electron chi connectivity index (χ0n) is 28.1. The Hall–Kier alpha value is -3.80. The molecular formula is C36H44FN5O5. The van der Waals surface area contributed by atoms with Crippen LogP contribution < -0.4 is 4.74 Å². The molecule has 6 heterocycles. The van der Waals surface area contributed by atoms with Crippen molar-refractivity contribution in [2.75, 3.05) is 32.9 Å². The first kappa shape index (κ1) is 31.8. The lowest BCUT2D eigenvalue weighted by atomic mass is 9.86. The molecule has 11 heteroatoms. The highest BCUT2D eigenvalue weighted by atomic mass is 19.1. The molecule has 0 aliphatic carbocycles. The van der Waals surface area contributed by atoms with Crippen LogP contribution in [0.5, 0.6) is 5.75 Å². The largest absolute Gasteiger partial charge is 0.490 e. The van der Waals surface area contributed by atoms with Gasteiger partial charge in [-0.2, -0.15) is 5.10 Å². The van der Waals surface area contributed by atoms with E-state index >= 15 is 4.39 Å². The average molecular weight is 646 g/mol. The molecule has 4 aromatic rings. The SMILES string of the molecule is Cc1nc2c(cc(-c3ccn(C4CN(C5CCOCC5)C4)n3)n2C)c(-c2cc(F)c3c(c2C)CCCO3)c1[C@H](OC(C)(C)C)C(=O)O. The topological polar surface area (TPSA) is 104 Å². The van der Waals surface area contributed by atoms with Crippen LogP contribution in [0.25, 0.3) is 33.5 Å². The number of pyridine rings is 1. The molecule has 0 bridgehead atoms. The van der Waals surface area contributed by atoms with Gasteiger partial charge in [0.25, 0.3) is 0 Å². The van der Waals surface area contributed by atoms with Crippen LogP contribution in [0.4, 0.5) is 4.39 Å². The van der Waals surface area contributed by atoms with Crippen LogP contribution in [-0.2, 0) is 27.7 Å². The molecule has 7 rings (SSSR count). The number of hydrogen-bond donors (Lipinski definition) is 1. The van der Waals surface area contributed by atoms with Crippen molar-refractivity contribution in [2.45, 2.75) is 84.1 Å². The maximum Gasteiger partial charge on any atom is 0.337 e. The predicted octanol–water partition coefficient (Wildman–Crippen LogP) is 6.16. The third-order valence-electron chi connectivity index (χ3n) is 9.91. The average Bonchev–Trinajstić information content (AvgIpc) is 3.61. The molecule has 2 fully saturated rings. The number of rotatable bonds is 7. The summed E-state index contributed by atoms with van der Waals surface area (Å²) in [4.78, 5) is 20.4. The second-order valence-corrected chi connectivity index (χ2v) is 14.2. The molecule has 1 atom stereocenters. The predicted molar refractivity (Wildman–Crippen MR) is 176 cm³/mol. The van der Waals surface area contributed by atoms with Crippen molar-refractivity contribution in [1.82, 2.24) is 24.2 Å². The molecule has 47 heavy (non-hydrogen) atoms. The minimum absolute atomic E-state index is 0.285. The van der Waals surface area contributed by atoms with Crippen molar-refractivity contribution in [3.05, 3.63) is 52.6 Å². The van der Waals surface area contributed by atoms with Crippen molar-refractivity contribution >= 4 is 17.0 Å². The van der Waals surface area contributed by atoms with Gasteiger partial charge < -0.3 is 23.9 Å². The van der Waals surface area contributed by atoms with Crippen molar-refractivity contribution in [1.29, 1.82) is 0 Å². The molecule has 1 aromatic carbocycles. The number of ether oxygens (including phenoxy) is 3. The summed E-state index contributed by atoms with van der Waals surface area (Å²) >= 11 is 0. The quantitative estimate of drug-likeness (QED) is 0.255. The lowest BCUT2D eigenvalue weighted by Gasteiger charge is -2.45. The van der Waals surface area contributed by atoms with Gasteiger partial charge in [-0.25, -0.2) is 14.2 Å². The van der Waals surface area contributed by atoms with Crippen LogP contribution in [0.1, 0.15) is 74.6 Å². The Morgan fingerprint density at radius 1 is 1.13 bits per heavy atom. The van der Waals surface area contributed by atoms with Gasteiger partial charge in [-0.1, -0.05) is 0 Å². The molecule has 0 saturated carbocycles. The molecule has 3 aliphatic heterocycles. The van der Waals surface area contributed by atoms with E-state index in [0.29, 0.717) is 53.1 Å². The number of carboxylic acids is 1. The zero-order valence-corrected chi connectivity index (χ0v) is 28.1. The number of carboxylic acid groups (broad SMARTS) is 1. The highest BCUT2D eigenvalue weighted by Crippen LogP contribution is 2.45. The molecule has 0 radical (unpaired) electrons. The number of fused-ring (bicyclic) bond motifs is 2. The van der Waals surface area contributed by atoms with Crippen LogP contribution in [0, 0.1) is 19.7 Å². The number of likely N-dealkylation sites (tertiary alicyclic amines) is 1. The van der Waals surface area contributed by atoms with Gasteiger partial charge >= 0.3 is 5.97 Å². The number of hydrogen-bond acceptors (Lipinski definition) is 7. The van der Waals surface area contributed by atoms with Gasteiger partial charge in [0.2, 0.25) is 0 Å². The van der Waals surface area contributed by atoms with E-state index < -0.39 is 23.5 Å². The third kappa shape index (κ3) is 5.72. The van der Waals surface area contributed by atoms with E-state index in [2.05, 4.69) is 9.58 Å². The van der Waals surface area contributed by atoms with E-state index in [0.717, 1.165) is 73.5 Å². The van der Waals surface area contributed by atoms with Crippen LogP contribution in [0.3, 0.4) is 0 Å². The van der Waals surface area contributed by atoms with Crippen molar-refractivity contribution < 1.29 is 28.5 Å². The number of aryl methyl sites for hydroxylation is 2. The number of benzene rings is 1. The Morgan fingerprint density at radius 2 is 1.87 bits per heavy atom. The van der Waals surface area contributed by atoms with Crippen LogP contribution >= 0.6 is 0 Å². The van der Waals surface area contributed by atoms with E-state index in [1.54, 1.807) is 6.92 Å². The van der Waals surface area contributed by atoms with Gasteiger partial charge in [0.1, 0.15) is 11.3 Å². The molecule has 10 nitrogen and oxygen atoms in total. The number of aromatic nitrogens is 4. The minimum Gasteiger partial charge on any atom is -0.490 e. The van der Waals surface area contributed by atoms with Crippen molar-refractivity contribution in [3.63, 3.8) is 0 Å². The molecule has 0 spiro atoms. The number of aliphatic carboxylic acids is 1. The van der Waals surface area contributed by atoms with Gasteiger partial charge in [0, 0.05) is 73.4 Å². The Labute approximate surface area is 274 Å². The summed E-state index contributed by atoms with van der Waals surface area (Å²) < 4.78 is 37.3. The fourth-order valence-electron chi connectivity index (χ4n) is 7.50. The maximum atomic E-state index is 15.8. The van der Waals surface area contributed by atoms with Gasteiger partial charge in [0.15, 0.2) is 17.7 Å². The molecule has 0 unspecified atom stereocenters. The lowest BCUT2D eigenvalue weighted by molar-refractivity contribution is -0.160. The first-order chi connectivity index (χ1) is 22.4. The van der Waals surface area contributed by atoms with E-state index in [1.807, 2.05) is 57.6 Å². The summed E-state index contributed by atoms with van der Waals surface area (Å²) in [5, 5.41) is 16.2. The summed E-state index contributed by atoms with van der Waals surface area (Å²) in [5.41, 5.74) is 5.37. The molecule has 1 N–H and O–H groups in total. The number of nitrogens with zero attached hydrogens (tertiary/aromatic N) is 5. The highest BCUT2D eigenvalue weighted by molar-refractivity contribution is 6.01. The summed E-state index contributed by atoms with van der Waals surface area (Å²) in [6.45, 7) is 13.3. The zero-order chi connectivity index (χ0) is 33.2. The molecule has 0 amide bonds. The second-order valence-electron chi connectivity index (χ2n) is 14.2. The molecule has 250 valence electrons. The van der Waals surface area contributed by atoms with Crippen LogP contribution in [-0.4, -0.2) is 79.9 Å². The molecule has 2 saturated heterocycles. The van der Waals surface area contributed by atoms with Gasteiger partial charge in [-0.15, -0.1) is 0 Å². The Bertz CT molecular complexity index is 1840.